The van der Waals surface area contributed by atoms with Gasteiger partial charge in [-0.1, -0.05) is 23.7 Å². The van der Waals surface area contributed by atoms with Crippen LogP contribution in [-0.2, 0) is 17.9 Å². The lowest BCUT2D eigenvalue weighted by atomic mass is 10.2. The molecule has 0 aliphatic rings. The molecule has 136 valence electrons. The van der Waals surface area contributed by atoms with Gasteiger partial charge in [-0.25, -0.2) is 4.98 Å². The number of aromatic nitrogens is 2. The third-order valence-corrected chi connectivity index (χ3v) is 4.41. The van der Waals surface area contributed by atoms with E-state index in [2.05, 4.69) is 10.3 Å². The number of amides is 1. The van der Waals surface area contributed by atoms with Gasteiger partial charge in [0.25, 0.3) is 0 Å². The van der Waals surface area contributed by atoms with E-state index in [0.717, 1.165) is 22.3 Å². The van der Waals surface area contributed by atoms with Gasteiger partial charge in [-0.2, -0.15) is 0 Å². The maximum atomic E-state index is 12.3. The molecule has 0 aliphatic heterocycles. The van der Waals surface area contributed by atoms with Crippen LogP contribution in [0.25, 0.3) is 11.0 Å². The summed E-state index contributed by atoms with van der Waals surface area (Å²) in [5.74, 6) is 1.38. The number of imidazole rings is 1. The van der Waals surface area contributed by atoms with E-state index in [1.165, 1.54) is 0 Å². The van der Waals surface area contributed by atoms with E-state index in [-0.39, 0.29) is 25.1 Å². The molecule has 6 heteroatoms. The number of para-hydroxylation sites is 2. The number of benzene rings is 2. The third kappa shape index (κ3) is 4.17. The van der Waals surface area contributed by atoms with Gasteiger partial charge in [0, 0.05) is 11.1 Å². The minimum absolute atomic E-state index is 0.0493. The summed E-state index contributed by atoms with van der Waals surface area (Å²) >= 11 is 6.06. The quantitative estimate of drug-likeness (QED) is 0.709. The Morgan fingerprint density at radius 3 is 2.77 bits per heavy atom. The number of halogens is 1. The zero-order valence-electron chi connectivity index (χ0n) is 15.1. The maximum Gasteiger partial charge on any atom is 0.240 e. The van der Waals surface area contributed by atoms with Crippen molar-refractivity contribution in [1.82, 2.24) is 14.9 Å². The van der Waals surface area contributed by atoms with Crippen molar-refractivity contribution in [3.8, 4) is 5.75 Å². The van der Waals surface area contributed by atoms with Crippen molar-refractivity contribution < 1.29 is 9.53 Å². The smallest absolute Gasteiger partial charge is 0.240 e. The second kappa shape index (κ2) is 7.79. The lowest BCUT2D eigenvalue weighted by Gasteiger charge is -2.13. The Bertz CT molecular complexity index is 934. The summed E-state index contributed by atoms with van der Waals surface area (Å²) in [6, 6.07) is 13.4. The van der Waals surface area contributed by atoms with E-state index in [9.17, 15) is 4.79 Å². The van der Waals surface area contributed by atoms with Crippen LogP contribution in [0.4, 0.5) is 0 Å². The number of carbonyl (C=O) groups is 1. The molecule has 2 aromatic carbocycles. The number of nitrogens with one attached hydrogen (secondary N) is 1. The molecule has 0 bridgehead atoms. The van der Waals surface area contributed by atoms with Gasteiger partial charge in [-0.3, -0.25) is 4.79 Å². The zero-order valence-corrected chi connectivity index (χ0v) is 15.9. The van der Waals surface area contributed by atoms with Crippen LogP contribution in [0, 0.1) is 6.92 Å². The van der Waals surface area contributed by atoms with Crippen LogP contribution < -0.4 is 10.1 Å². The number of aryl methyl sites for hydroxylation is 1. The Kier molecular flexibility index (Phi) is 5.47. The normalized spacial score (nSPS) is 11.1. The van der Waals surface area contributed by atoms with Gasteiger partial charge >= 0.3 is 0 Å². The van der Waals surface area contributed by atoms with Crippen molar-refractivity contribution in [3.63, 3.8) is 0 Å². The molecule has 0 unspecified atom stereocenters. The SMILES string of the molecule is Cc1cc(OCc2nc3ccccc3n2CC(=O)NC(C)C)ccc1Cl. The molecule has 1 amide bonds. The first-order chi connectivity index (χ1) is 12.4. The fourth-order valence-electron chi connectivity index (χ4n) is 2.78. The minimum Gasteiger partial charge on any atom is -0.486 e. The molecule has 26 heavy (non-hydrogen) atoms. The summed E-state index contributed by atoms with van der Waals surface area (Å²) in [6.07, 6.45) is 0. The summed E-state index contributed by atoms with van der Waals surface area (Å²) in [4.78, 5) is 16.9. The van der Waals surface area contributed by atoms with E-state index in [1.54, 1.807) is 0 Å². The van der Waals surface area contributed by atoms with Gasteiger partial charge in [-0.05, 0) is 56.7 Å². The highest BCUT2D eigenvalue weighted by Gasteiger charge is 2.14. The van der Waals surface area contributed by atoms with Crippen LogP contribution in [0.3, 0.4) is 0 Å². The van der Waals surface area contributed by atoms with Crippen LogP contribution in [0.5, 0.6) is 5.75 Å². The van der Waals surface area contributed by atoms with E-state index in [1.807, 2.05) is 67.8 Å². The van der Waals surface area contributed by atoms with Crippen molar-refractivity contribution in [2.75, 3.05) is 0 Å². The largest absolute Gasteiger partial charge is 0.486 e. The molecule has 0 saturated heterocycles. The molecule has 0 fully saturated rings. The number of hydrogen-bond donors (Lipinski definition) is 1. The Hall–Kier alpha value is -2.53. The predicted octanol–water partition coefficient (Wildman–Crippen LogP) is 4.10. The van der Waals surface area contributed by atoms with E-state index < -0.39 is 0 Å². The molecule has 1 heterocycles. The molecule has 0 atom stereocenters. The van der Waals surface area contributed by atoms with Gasteiger partial charge in [0.15, 0.2) is 0 Å². The molecule has 0 saturated carbocycles. The van der Waals surface area contributed by atoms with Crippen molar-refractivity contribution in [1.29, 1.82) is 0 Å². The molecule has 3 rings (SSSR count). The van der Waals surface area contributed by atoms with Crippen LogP contribution in [-0.4, -0.2) is 21.5 Å². The van der Waals surface area contributed by atoms with E-state index in [4.69, 9.17) is 16.3 Å². The van der Waals surface area contributed by atoms with E-state index in [0.29, 0.717) is 10.8 Å². The zero-order chi connectivity index (χ0) is 18.7. The molecule has 0 radical (unpaired) electrons. The Balaban J connectivity index is 1.85. The minimum atomic E-state index is -0.0493. The summed E-state index contributed by atoms with van der Waals surface area (Å²) in [7, 11) is 0. The van der Waals surface area contributed by atoms with Crippen LogP contribution in [0.1, 0.15) is 25.2 Å². The first-order valence-electron chi connectivity index (χ1n) is 8.56. The molecular weight excluding hydrogens is 350 g/mol. The highest BCUT2D eigenvalue weighted by Crippen LogP contribution is 2.23. The van der Waals surface area contributed by atoms with Crippen molar-refractivity contribution >= 4 is 28.5 Å². The highest BCUT2D eigenvalue weighted by molar-refractivity contribution is 6.31. The summed E-state index contributed by atoms with van der Waals surface area (Å²) in [6.45, 7) is 6.29. The number of fused-ring (bicyclic) bond motifs is 1. The van der Waals surface area contributed by atoms with Gasteiger partial charge in [0.1, 0.15) is 24.7 Å². The van der Waals surface area contributed by atoms with E-state index >= 15 is 0 Å². The predicted molar refractivity (Wildman–Crippen MR) is 104 cm³/mol. The Morgan fingerprint density at radius 1 is 1.27 bits per heavy atom. The second-order valence-electron chi connectivity index (χ2n) is 6.52. The van der Waals surface area contributed by atoms with Crippen molar-refractivity contribution in [3.05, 3.63) is 58.9 Å². The van der Waals surface area contributed by atoms with Gasteiger partial charge < -0.3 is 14.6 Å². The fourth-order valence-corrected chi connectivity index (χ4v) is 2.90. The summed E-state index contributed by atoms with van der Waals surface area (Å²) in [5, 5.41) is 3.62. The lowest BCUT2D eigenvalue weighted by Crippen LogP contribution is -2.33. The number of nitrogens with zero attached hydrogens (tertiary/aromatic N) is 2. The number of rotatable bonds is 6. The number of hydrogen-bond acceptors (Lipinski definition) is 3. The van der Waals surface area contributed by atoms with Crippen LogP contribution in [0.15, 0.2) is 42.5 Å². The van der Waals surface area contributed by atoms with Crippen molar-refractivity contribution in [2.24, 2.45) is 0 Å². The molecule has 3 aromatic rings. The lowest BCUT2D eigenvalue weighted by molar-refractivity contribution is -0.122. The second-order valence-corrected chi connectivity index (χ2v) is 6.93. The fraction of sp³-hybridized carbons (Fsp3) is 0.300. The first-order valence-corrected chi connectivity index (χ1v) is 8.94. The standard InChI is InChI=1S/C20H22ClN3O2/c1-13(2)22-20(25)11-24-18-7-5-4-6-17(18)23-19(24)12-26-15-8-9-16(21)14(3)10-15/h4-10,13H,11-12H2,1-3H3,(H,22,25). The van der Waals surface area contributed by atoms with Gasteiger partial charge in [0.2, 0.25) is 5.91 Å². The van der Waals surface area contributed by atoms with Crippen molar-refractivity contribution in [2.45, 2.75) is 40.0 Å². The molecule has 1 N–H and O–H groups in total. The van der Waals surface area contributed by atoms with Gasteiger partial charge in [-0.15, -0.1) is 0 Å². The van der Waals surface area contributed by atoms with Crippen LogP contribution in [0.2, 0.25) is 5.02 Å². The number of ether oxygens (including phenoxy) is 1. The van der Waals surface area contributed by atoms with Gasteiger partial charge in [0.05, 0.1) is 11.0 Å². The average Bonchev–Trinajstić information content (AvgIpc) is 2.93. The Labute approximate surface area is 157 Å². The maximum absolute atomic E-state index is 12.3. The molecule has 0 spiro atoms. The molecule has 0 aliphatic carbocycles. The summed E-state index contributed by atoms with van der Waals surface area (Å²) in [5.41, 5.74) is 2.71. The topological polar surface area (TPSA) is 56.2 Å². The molecular formula is C20H22ClN3O2. The highest BCUT2D eigenvalue weighted by atomic mass is 35.5. The average molecular weight is 372 g/mol. The monoisotopic (exact) mass is 371 g/mol. The Morgan fingerprint density at radius 2 is 2.04 bits per heavy atom. The molecule has 5 nitrogen and oxygen atoms in total. The third-order valence-electron chi connectivity index (χ3n) is 3.98. The molecule has 1 aromatic heterocycles. The number of carbonyl (C=O) groups excluding carboxylic acids is 1. The first kappa shape index (κ1) is 18.3. The summed E-state index contributed by atoms with van der Waals surface area (Å²) < 4.78 is 7.79. The van der Waals surface area contributed by atoms with Crippen LogP contribution >= 0.6 is 11.6 Å².